The molecule has 1 atom stereocenters. The van der Waals surface area contributed by atoms with Crippen LogP contribution in [0.3, 0.4) is 0 Å². The molecule has 2 aromatic rings. The summed E-state index contributed by atoms with van der Waals surface area (Å²) in [7, 11) is 0. The Labute approximate surface area is 159 Å². The second-order valence-electron chi connectivity index (χ2n) is 6.20. The third kappa shape index (κ3) is 3.10. The number of ketones is 1. The molecule has 8 heteroatoms. The molecule has 0 aromatic heterocycles. The number of benzene rings is 2. The van der Waals surface area contributed by atoms with Crippen molar-refractivity contribution in [2.75, 3.05) is 18.7 Å². The van der Waals surface area contributed by atoms with Crippen molar-refractivity contribution in [2.45, 2.75) is 12.8 Å². The van der Waals surface area contributed by atoms with E-state index >= 15 is 0 Å². The number of hydrogen-bond donors (Lipinski definition) is 1. The van der Waals surface area contributed by atoms with Gasteiger partial charge in [-0.05, 0) is 42.8 Å². The molecule has 0 radical (unpaired) electrons. The first kappa shape index (κ1) is 17.4. The van der Waals surface area contributed by atoms with Gasteiger partial charge in [-0.25, -0.2) is 4.79 Å². The zero-order valence-corrected chi connectivity index (χ0v) is 15.0. The van der Waals surface area contributed by atoms with Gasteiger partial charge in [0.15, 0.2) is 23.9 Å². The average molecular weight is 388 g/mol. The van der Waals surface area contributed by atoms with Gasteiger partial charge in [0, 0.05) is 11.3 Å². The number of hydrogen-bond acceptors (Lipinski definition) is 6. The van der Waals surface area contributed by atoms with Crippen molar-refractivity contribution >= 4 is 34.9 Å². The molecular formula is C19H14ClNO6. The largest absolute Gasteiger partial charge is 0.454 e. The van der Waals surface area contributed by atoms with Gasteiger partial charge in [0.25, 0.3) is 0 Å². The van der Waals surface area contributed by atoms with Crippen molar-refractivity contribution in [3.05, 3.63) is 52.0 Å². The first-order valence-corrected chi connectivity index (χ1v) is 8.56. The fraction of sp³-hybridized carbons (Fsp3) is 0.211. The van der Waals surface area contributed by atoms with Gasteiger partial charge in [-0.3, -0.25) is 9.59 Å². The van der Waals surface area contributed by atoms with Crippen LogP contribution in [0.25, 0.3) is 0 Å². The van der Waals surface area contributed by atoms with Crippen molar-refractivity contribution in [3.63, 3.8) is 0 Å². The molecule has 0 bridgehead atoms. The molecule has 27 heavy (non-hydrogen) atoms. The summed E-state index contributed by atoms with van der Waals surface area (Å²) in [6, 6.07) is 7.76. The zero-order valence-electron chi connectivity index (χ0n) is 14.2. The van der Waals surface area contributed by atoms with Crippen molar-refractivity contribution in [1.29, 1.82) is 0 Å². The van der Waals surface area contributed by atoms with Crippen LogP contribution in [-0.2, 0) is 9.53 Å². The lowest BCUT2D eigenvalue weighted by Crippen LogP contribution is -2.14. The Morgan fingerprint density at radius 1 is 1.22 bits per heavy atom. The van der Waals surface area contributed by atoms with E-state index in [0.29, 0.717) is 22.7 Å². The topological polar surface area (TPSA) is 90.9 Å². The maximum absolute atomic E-state index is 12.4. The quantitative estimate of drug-likeness (QED) is 0.640. The van der Waals surface area contributed by atoms with E-state index in [-0.39, 0.29) is 35.0 Å². The predicted octanol–water partition coefficient (Wildman–Crippen LogP) is 3.16. The van der Waals surface area contributed by atoms with Crippen molar-refractivity contribution < 1.29 is 28.6 Å². The molecule has 0 spiro atoms. The third-order valence-electron chi connectivity index (χ3n) is 4.49. The number of carbonyl (C=O) groups excluding carboxylic acids is 3. The number of ether oxygens (including phenoxy) is 3. The highest BCUT2D eigenvalue weighted by atomic mass is 35.5. The number of nitrogens with one attached hydrogen (secondary N) is 1. The lowest BCUT2D eigenvalue weighted by molar-refractivity contribution is -0.116. The van der Waals surface area contributed by atoms with E-state index in [0.717, 1.165) is 5.56 Å². The molecule has 0 aliphatic carbocycles. The highest BCUT2D eigenvalue weighted by Crippen LogP contribution is 2.40. The molecule has 2 aliphatic heterocycles. The van der Waals surface area contributed by atoms with Crippen LogP contribution in [0.4, 0.5) is 5.69 Å². The maximum Gasteiger partial charge on any atom is 0.338 e. The Bertz CT molecular complexity index is 986. The van der Waals surface area contributed by atoms with Gasteiger partial charge in [0.05, 0.1) is 16.5 Å². The molecule has 1 N–H and O–H groups in total. The minimum Gasteiger partial charge on any atom is -0.454 e. The fourth-order valence-corrected chi connectivity index (χ4v) is 3.24. The zero-order chi connectivity index (χ0) is 19.1. The van der Waals surface area contributed by atoms with E-state index in [4.69, 9.17) is 25.8 Å². The van der Waals surface area contributed by atoms with Gasteiger partial charge in [-0.1, -0.05) is 11.6 Å². The number of esters is 1. The van der Waals surface area contributed by atoms with Gasteiger partial charge in [0.2, 0.25) is 12.7 Å². The summed E-state index contributed by atoms with van der Waals surface area (Å²) < 4.78 is 15.5. The lowest BCUT2D eigenvalue weighted by Gasteiger charge is -2.08. The van der Waals surface area contributed by atoms with Crippen LogP contribution < -0.4 is 14.8 Å². The number of Topliss-reactive ketones (excluding diaryl/α,β-unsaturated/α-hetero) is 1. The first-order chi connectivity index (χ1) is 12.9. The number of rotatable bonds is 4. The number of halogens is 1. The summed E-state index contributed by atoms with van der Waals surface area (Å²) >= 11 is 6.04. The summed E-state index contributed by atoms with van der Waals surface area (Å²) in [5.41, 5.74) is 1.97. The maximum atomic E-state index is 12.4. The SMILES string of the molecule is C[C@@H]1C(=O)Nc2ccc(C(=O)COC(=O)c3cc(Cl)c4c(c3)OCO4)cc21. The lowest BCUT2D eigenvalue weighted by atomic mass is 9.99. The standard InChI is InChI=1S/C19H14ClNO6/c1-9-12-4-10(2-3-14(12)21-18(9)23)15(22)7-25-19(24)11-5-13(20)17-16(6-11)26-8-27-17/h2-6,9H,7-8H2,1H3,(H,21,23)/t9-/m0/s1. The summed E-state index contributed by atoms with van der Waals surface area (Å²) in [4.78, 5) is 36.3. The molecule has 2 aromatic carbocycles. The molecule has 138 valence electrons. The van der Waals surface area contributed by atoms with Crippen LogP contribution in [0, 0.1) is 0 Å². The van der Waals surface area contributed by atoms with E-state index in [1.54, 1.807) is 25.1 Å². The number of carbonyl (C=O) groups is 3. The van der Waals surface area contributed by atoms with Crippen molar-refractivity contribution in [1.82, 2.24) is 0 Å². The van der Waals surface area contributed by atoms with Gasteiger partial charge in [-0.15, -0.1) is 0 Å². The Morgan fingerprint density at radius 2 is 2.04 bits per heavy atom. The molecular weight excluding hydrogens is 374 g/mol. The molecule has 7 nitrogen and oxygen atoms in total. The molecule has 0 saturated heterocycles. The smallest absolute Gasteiger partial charge is 0.338 e. The van der Waals surface area contributed by atoms with E-state index in [2.05, 4.69) is 5.32 Å². The molecule has 0 saturated carbocycles. The van der Waals surface area contributed by atoms with Crippen LogP contribution in [0.5, 0.6) is 11.5 Å². The van der Waals surface area contributed by atoms with Gasteiger partial charge >= 0.3 is 5.97 Å². The molecule has 0 fully saturated rings. The summed E-state index contributed by atoms with van der Waals surface area (Å²) in [5, 5.41) is 2.97. The average Bonchev–Trinajstić information content (AvgIpc) is 3.24. The second kappa shape index (κ2) is 6.59. The monoisotopic (exact) mass is 387 g/mol. The highest BCUT2D eigenvalue weighted by molar-refractivity contribution is 6.32. The third-order valence-corrected chi connectivity index (χ3v) is 4.77. The number of fused-ring (bicyclic) bond motifs is 2. The van der Waals surface area contributed by atoms with E-state index in [1.165, 1.54) is 12.1 Å². The normalized spacial score (nSPS) is 16.7. The first-order valence-electron chi connectivity index (χ1n) is 8.18. The Morgan fingerprint density at radius 3 is 2.85 bits per heavy atom. The minimum absolute atomic E-state index is 0.0279. The predicted molar refractivity (Wildman–Crippen MR) is 95.7 cm³/mol. The molecule has 0 unspecified atom stereocenters. The van der Waals surface area contributed by atoms with Crippen molar-refractivity contribution in [3.8, 4) is 11.5 Å². The molecule has 2 heterocycles. The summed E-state index contributed by atoms with van der Waals surface area (Å²) in [6.45, 7) is 1.36. The second-order valence-corrected chi connectivity index (χ2v) is 6.61. The molecule has 1 amide bonds. The highest BCUT2D eigenvalue weighted by Gasteiger charge is 2.27. The Balaban J connectivity index is 1.45. The molecule has 2 aliphatic rings. The Kier molecular flexibility index (Phi) is 4.24. The Hall–Kier alpha value is -3.06. The van der Waals surface area contributed by atoms with Gasteiger partial charge in [-0.2, -0.15) is 0 Å². The van der Waals surface area contributed by atoms with Crippen LogP contribution in [0.1, 0.15) is 39.1 Å². The van der Waals surface area contributed by atoms with Crippen LogP contribution in [0.15, 0.2) is 30.3 Å². The van der Waals surface area contributed by atoms with E-state index in [1.807, 2.05) is 0 Å². The number of amides is 1. The van der Waals surface area contributed by atoms with Crippen LogP contribution >= 0.6 is 11.6 Å². The van der Waals surface area contributed by atoms with Gasteiger partial charge in [0.1, 0.15) is 0 Å². The molecule has 4 rings (SSSR count). The summed E-state index contributed by atoms with van der Waals surface area (Å²) in [5.74, 6) is -0.781. The fourth-order valence-electron chi connectivity index (χ4n) is 2.97. The van der Waals surface area contributed by atoms with E-state index in [9.17, 15) is 14.4 Å². The number of anilines is 1. The van der Waals surface area contributed by atoms with Crippen LogP contribution in [0.2, 0.25) is 5.02 Å². The van der Waals surface area contributed by atoms with E-state index < -0.39 is 12.6 Å². The van der Waals surface area contributed by atoms with Gasteiger partial charge < -0.3 is 19.5 Å². The van der Waals surface area contributed by atoms with Crippen LogP contribution in [-0.4, -0.2) is 31.1 Å². The van der Waals surface area contributed by atoms with Crippen molar-refractivity contribution in [2.24, 2.45) is 0 Å². The summed E-state index contributed by atoms with van der Waals surface area (Å²) in [6.07, 6.45) is 0. The minimum atomic E-state index is -0.699.